The van der Waals surface area contributed by atoms with Crippen LogP contribution in [0.1, 0.15) is 42.4 Å². The largest absolute Gasteiger partial charge is 0.0590 e. The van der Waals surface area contributed by atoms with Gasteiger partial charge in [0.15, 0.2) is 0 Å². The summed E-state index contributed by atoms with van der Waals surface area (Å²) in [6.45, 7) is 4.52. The highest BCUT2D eigenvalue weighted by molar-refractivity contribution is 5.35. The molecule has 0 amide bonds. The van der Waals surface area contributed by atoms with E-state index in [-0.39, 0.29) is 0 Å². The van der Waals surface area contributed by atoms with E-state index in [1.165, 1.54) is 24.8 Å². The van der Waals surface area contributed by atoms with Crippen molar-refractivity contribution in [3.8, 4) is 0 Å². The third-order valence-electron chi connectivity index (χ3n) is 2.91. The number of benzene rings is 1. The second-order valence-corrected chi connectivity index (χ2v) is 4.00. The molecule has 0 bridgehead atoms. The van der Waals surface area contributed by atoms with Crippen LogP contribution < -0.4 is 0 Å². The Balaban J connectivity index is 2.46. The first kappa shape index (κ1) is 7.85. The lowest BCUT2D eigenvalue weighted by atomic mass is 9.83. The van der Waals surface area contributed by atoms with E-state index in [1.54, 1.807) is 11.1 Å². The fourth-order valence-electron chi connectivity index (χ4n) is 2.19. The number of rotatable bonds is 0. The minimum absolute atomic E-state index is 0.786. The van der Waals surface area contributed by atoms with Crippen LogP contribution in [-0.2, 0) is 6.42 Å². The Morgan fingerprint density at radius 1 is 1.33 bits per heavy atom. The molecule has 0 saturated carbocycles. The van der Waals surface area contributed by atoms with Gasteiger partial charge in [0.2, 0.25) is 0 Å². The van der Waals surface area contributed by atoms with Gasteiger partial charge in [-0.2, -0.15) is 0 Å². The minimum atomic E-state index is 0.786. The maximum absolute atomic E-state index is 2.35. The van der Waals surface area contributed by atoms with Crippen molar-refractivity contribution in [3.05, 3.63) is 34.9 Å². The molecule has 0 nitrogen and oxygen atoms in total. The molecule has 1 aromatic rings. The lowest BCUT2D eigenvalue weighted by Gasteiger charge is -2.22. The van der Waals surface area contributed by atoms with Gasteiger partial charge in [-0.3, -0.25) is 0 Å². The zero-order chi connectivity index (χ0) is 8.55. The van der Waals surface area contributed by atoms with Crippen molar-refractivity contribution in [2.45, 2.75) is 39.0 Å². The van der Waals surface area contributed by atoms with Crippen molar-refractivity contribution in [3.63, 3.8) is 0 Å². The molecule has 1 aliphatic carbocycles. The fourth-order valence-corrected chi connectivity index (χ4v) is 2.19. The fraction of sp³-hybridized carbons (Fsp3) is 0.500. The van der Waals surface area contributed by atoms with Crippen LogP contribution in [0.2, 0.25) is 0 Å². The Morgan fingerprint density at radius 2 is 2.17 bits per heavy atom. The smallest absolute Gasteiger partial charge is 0.0188 e. The highest BCUT2D eigenvalue weighted by Gasteiger charge is 2.15. The van der Waals surface area contributed by atoms with Gasteiger partial charge >= 0.3 is 0 Å². The average molecular weight is 160 g/mol. The topological polar surface area (TPSA) is 0 Å². The third kappa shape index (κ3) is 1.26. The molecule has 1 aromatic carbocycles. The predicted molar refractivity (Wildman–Crippen MR) is 52.5 cm³/mol. The Labute approximate surface area is 74.6 Å². The molecule has 0 saturated heterocycles. The first-order valence-electron chi connectivity index (χ1n) is 4.87. The van der Waals surface area contributed by atoms with E-state index in [0.717, 1.165) is 5.92 Å². The van der Waals surface area contributed by atoms with Crippen molar-refractivity contribution < 1.29 is 0 Å². The van der Waals surface area contributed by atoms with E-state index in [9.17, 15) is 0 Å². The highest BCUT2D eigenvalue weighted by Crippen LogP contribution is 2.31. The molecular weight excluding hydrogens is 144 g/mol. The monoisotopic (exact) mass is 160 g/mol. The Hall–Kier alpha value is -0.780. The summed E-state index contributed by atoms with van der Waals surface area (Å²) in [7, 11) is 0. The van der Waals surface area contributed by atoms with Crippen LogP contribution >= 0.6 is 0 Å². The highest BCUT2D eigenvalue weighted by atomic mass is 14.2. The molecule has 64 valence electrons. The van der Waals surface area contributed by atoms with Gasteiger partial charge in [-0.25, -0.2) is 0 Å². The number of hydrogen-bond acceptors (Lipinski definition) is 0. The van der Waals surface area contributed by atoms with Gasteiger partial charge in [-0.1, -0.05) is 30.7 Å². The van der Waals surface area contributed by atoms with Crippen molar-refractivity contribution in [1.82, 2.24) is 0 Å². The molecule has 0 fully saturated rings. The molecule has 2 rings (SSSR count). The van der Waals surface area contributed by atoms with Crippen molar-refractivity contribution in [2.75, 3.05) is 0 Å². The lowest BCUT2D eigenvalue weighted by Crippen LogP contribution is -2.06. The summed E-state index contributed by atoms with van der Waals surface area (Å²) in [5, 5.41) is 0. The van der Waals surface area contributed by atoms with Crippen LogP contribution in [0, 0.1) is 6.92 Å². The van der Waals surface area contributed by atoms with Crippen LogP contribution in [0.5, 0.6) is 0 Å². The molecule has 1 aliphatic rings. The first-order chi connectivity index (χ1) is 5.77. The van der Waals surface area contributed by atoms with Crippen LogP contribution in [0.4, 0.5) is 0 Å². The molecule has 0 radical (unpaired) electrons. The van der Waals surface area contributed by atoms with Gasteiger partial charge in [-0.05, 0) is 43.2 Å². The summed E-state index contributed by atoms with van der Waals surface area (Å²) in [6.07, 6.45) is 4.04. The molecule has 0 spiro atoms. The standard InChI is InChI=1S/C12H16/c1-9-6-7-12-10(2)4-3-5-11(12)8-9/h6-8,10H,3-5H2,1-2H3. The summed E-state index contributed by atoms with van der Waals surface area (Å²) in [4.78, 5) is 0. The lowest BCUT2D eigenvalue weighted by molar-refractivity contribution is 0.590. The Bertz CT molecular complexity index is 286. The molecule has 12 heavy (non-hydrogen) atoms. The van der Waals surface area contributed by atoms with Gasteiger partial charge in [0.1, 0.15) is 0 Å². The zero-order valence-corrected chi connectivity index (χ0v) is 7.93. The van der Waals surface area contributed by atoms with E-state index >= 15 is 0 Å². The summed E-state index contributed by atoms with van der Waals surface area (Å²) in [5.74, 6) is 0.786. The Kier molecular flexibility index (Phi) is 1.92. The molecule has 0 heteroatoms. The molecule has 1 atom stereocenters. The van der Waals surface area contributed by atoms with Gasteiger partial charge < -0.3 is 0 Å². The van der Waals surface area contributed by atoms with Crippen molar-refractivity contribution in [1.29, 1.82) is 0 Å². The minimum Gasteiger partial charge on any atom is -0.0590 e. The molecule has 0 aromatic heterocycles. The summed E-state index contributed by atoms with van der Waals surface area (Å²) in [5.41, 5.74) is 4.59. The molecular formula is C12H16. The third-order valence-corrected chi connectivity index (χ3v) is 2.91. The van der Waals surface area contributed by atoms with Gasteiger partial charge in [0.05, 0.1) is 0 Å². The number of hydrogen-bond donors (Lipinski definition) is 0. The molecule has 0 heterocycles. The van der Waals surface area contributed by atoms with E-state index < -0.39 is 0 Å². The quantitative estimate of drug-likeness (QED) is 0.545. The molecule has 1 unspecified atom stereocenters. The van der Waals surface area contributed by atoms with E-state index in [2.05, 4.69) is 32.0 Å². The average Bonchev–Trinajstić information content (AvgIpc) is 2.04. The van der Waals surface area contributed by atoms with Crippen molar-refractivity contribution >= 4 is 0 Å². The summed E-state index contributed by atoms with van der Waals surface area (Å²) >= 11 is 0. The van der Waals surface area contributed by atoms with Crippen LogP contribution in [0.15, 0.2) is 18.2 Å². The maximum atomic E-state index is 2.35. The van der Waals surface area contributed by atoms with Crippen molar-refractivity contribution in [2.24, 2.45) is 0 Å². The second kappa shape index (κ2) is 2.93. The van der Waals surface area contributed by atoms with Crippen LogP contribution in [0.25, 0.3) is 0 Å². The summed E-state index contributed by atoms with van der Waals surface area (Å²) < 4.78 is 0. The van der Waals surface area contributed by atoms with Crippen LogP contribution in [0.3, 0.4) is 0 Å². The van der Waals surface area contributed by atoms with E-state index in [4.69, 9.17) is 0 Å². The molecule has 0 aliphatic heterocycles. The maximum Gasteiger partial charge on any atom is -0.0188 e. The zero-order valence-electron chi connectivity index (χ0n) is 7.93. The summed E-state index contributed by atoms with van der Waals surface area (Å²) in [6, 6.07) is 6.90. The van der Waals surface area contributed by atoms with Gasteiger partial charge in [0, 0.05) is 0 Å². The number of fused-ring (bicyclic) bond motifs is 1. The first-order valence-corrected chi connectivity index (χ1v) is 4.87. The van der Waals surface area contributed by atoms with E-state index in [1.807, 2.05) is 0 Å². The molecule has 0 N–H and O–H groups in total. The van der Waals surface area contributed by atoms with Gasteiger partial charge in [-0.15, -0.1) is 0 Å². The van der Waals surface area contributed by atoms with Gasteiger partial charge in [0.25, 0.3) is 0 Å². The Morgan fingerprint density at radius 3 is 3.00 bits per heavy atom. The second-order valence-electron chi connectivity index (χ2n) is 4.00. The number of aryl methyl sites for hydroxylation is 2. The van der Waals surface area contributed by atoms with E-state index in [0.29, 0.717) is 0 Å². The van der Waals surface area contributed by atoms with Crippen LogP contribution in [-0.4, -0.2) is 0 Å². The normalized spacial score (nSPS) is 22.0. The SMILES string of the molecule is Cc1ccc2c(c1)CCCC2C. The predicted octanol–water partition coefficient (Wildman–Crippen LogP) is 3.43.